The van der Waals surface area contributed by atoms with Gasteiger partial charge in [0.1, 0.15) is 0 Å². The molecule has 0 amide bonds. The fourth-order valence-corrected chi connectivity index (χ4v) is 3.20. The van der Waals surface area contributed by atoms with Gasteiger partial charge in [0.25, 0.3) is 0 Å². The predicted octanol–water partition coefficient (Wildman–Crippen LogP) is -0.241. The maximum absolute atomic E-state index is 11.3. The summed E-state index contributed by atoms with van der Waals surface area (Å²) in [6.07, 6.45) is 3.03. The molecule has 0 spiro atoms. The maximum Gasteiger partial charge on any atom is 0.211 e. The fraction of sp³-hybridized carbons (Fsp3) is 1.00. The molecule has 72 valence electrons. The summed E-state index contributed by atoms with van der Waals surface area (Å²) in [5.74, 6) is 0. The van der Waals surface area contributed by atoms with Crippen LogP contribution in [0.1, 0.15) is 19.8 Å². The van der Waals surface area contributed by atoms with Crippen molar-refractivity contribution in [3.8, 4) is 0 Å². The molecule has 1 atom stereocenters. The van der Waals surface area contributed by atoms with Crippen LogP contribution in [-0.4, -0.2) is 37.6 Å². The summed E-state index contributed by atoms with van der Waals surface area (Å²) in [6, 6.07) is 0. The van der Waals surface area contributed by atoms with Crippen LogP contribution in [0, 0.1) is 0 Å². The number of nitrogens with zero attached hydrogens (tertiary/aromatic N) is 1. The SMILES string of the molecule is CC1(CN)CCCN1S(C)(=O)=O. The summed E-state index contributed by atoms with van der Waals surface area (Å²) in [5, 5.41) is 0. The zero-order valence-electron chi connectivity index (χ0n) is 7.58. The van der Waals surface area contributed by atoms with Crippen LogP contribution in [0.4, 0.5) is 0 Å². The molecule has 0 aromatic rings. The highest BCUT2D eigenvalue weighted by Crippen LogP contribution is 2.29. The normalized spacial score (nSPS) is 32.6. The molecular weight excluding hydrogens is 176 g/mol. The molecule has 1 aliphatic heterocycles. The van der Waals surface area contributed by atoms with E-state index < -0.39 is 10.0 Å². The Morgan fingerprint density at radius 2 is 2.17 bits per heavy atom. The fourth-order valence-electron chi connectivity index (χ4n) is 1.77. The molecule has 12 heavy (non-hydrogen) atoms. The minimum absolute atomic E-state index is 0.340. The van der Waals surface area contributed by atoms with Gasteiger partial charge in [-0.1, -0.05) is 0 Å². The second kappa shape index (κ2) is 2.97. The van der Waals surface area contributed by atoms with Gasteiger partial charge in [0.15, 0.2) is 0 Å². The summed E-state index contributed by atoms with van der Waals surface area (Å²) in [4.78, 5) is 0. The van der Waals surface area contributed by atoms with Gasteiger partial charge < -0.3 is 5.73 Å². The molecule has 0 aromatic carbocycles. The van der Waals surface area contributed by atoms with Gasteiger partial charge in [-0.25, -0.2) is 8.42 Å². The van der Waals surface area contributed by atoms with E-state index in [0.29, 0.717) is 13.1 Å². The van der Waals surface area contributed by atoms with Gasteiger partial charge in [-0.3, -0.25) is 0 Å². The Morgan fingerprint density at radius 3 is 2.50 bits per heavy atom. The molecule has 0 saturated carbocycles. The van der Waals surface area contributed by atoms with Crippen LogP contribution < -0.4 is 5.73 Å². The molecule has 1 heterocycles. The highest BCUT2D eigenvalue weighted by molar-refractivity contribution is 7.88. The lowest BCUT2D eigenvalue weighted by molar-refractivity contribution is 0.275. The van der Waals surface area contributed by atoms with Crippen LogP contribution in [0.15, 0.2) is 0 Å². The number of hydrogen-bond acceptors (Lipinski definition) is 3. The highest BCUT2D eigenvalue weighted by atomic mass is 32.2. The predicted molar refractivity (Wildman–Crippen MR) is 48.2 cm³/mol. The van der Waals surface area contributed by atoms with Gasteiger partial charge in [0.2, 0.25) is 10.0 Å². The summed E-state index contributed by atoms with van der Waals surface area (Å²) in [7, 11) is -3.07. The Kier molecular flexibility index (Phi) is 2.47. The van der Waals surface area contributed by atoms with Crippen molar-refractivity contribution in [3.63, 3.8) is 0 Å². The van der Waals surface area contributed by atoms with Crippen molar-refractivity contribution in [2.75, 3.05) is 19.3 Å². The van der Waals surface area contributed by atoms with Crippen LogP contribution in [0.2, 0.25) is 0 Å². The van der Waals surface area contributed by atoms with Crippen molar-refractivity contribution in [1.29, 1.82) is 0 Å². The first-order valence-electron chi connectivity index (χ1n) is 4.08. The van der Waals surface area contributed by atoms with Crippen molar-refractivity contribution in [2.45, 2.75) is 25.3 Å². The van der Waals surface area contributed by atoms with E-state index in [2.05, 4.69) is 0 Å². The molecule has 1 fully saturated rings. The Bertz CT molecular complexity index is 263. The molecule has 1 unspecified atom stereocenters. The first kappa shape index (κ1) is 9.95. The summed E-state index contributed by atoms with van der Waals surface area (Å²) in [5.41, 5.74) is 5.21. The van der Waals surface area contributed by atoms with E-state index >= 15 is 0 Å². The third-order valence-electron chi connectivity index (χ3n) is 2.52. The van der Waals surface area contributed by atoms with E-state index in [4.69, 9.17) is 5.73 Å². The summed E-state index contributed by atoms with van der Waals surface area (Å²) in [6.45, 7) is 2.92. The number of sulfonamides is 1. The lowest BCUT2D eigenvalue weighted by atomic mass is 10.0. The Morgan fingerprint density at radius 1 is 1.58 bits per heavy atom. The lowest BCUT2D eigenvalue weighted by Gasteiger charge is -2.31. The summed E-state index contributed by atoms with van der Waals surface area (Å²) >= 11 is 0. The maximum atomic E-state index is 11.3. The Labute approximate surface area is 73.8 Å². The zero-order valence-corrected chi connectivity index (χ0v) is 8.39. The molecular formula is C7H16N2O2S. The first-order valence-corrected chi connectivity index (χ1v) is 5.93. The van der Waals surface area contributed by atoms with Crippen LogP contribution in [0.25, 0.3) is 0 Å². The van der Waals surface area contributed by atoms with Gasteiger partial charge >= 0.3 is 0 Å². The minimum Gasteiger partial charge on any atom is -0.329 e. The van der Waals surface area contributed by atoms with E-state index in [1.807, 2.05) is 6.92 Å². The van der Waals surface area contributed by atoms with E-state index in [0.717, 1.165) is 12.8 Å². The van der Waals surface area contributed by atoms with Crippen molar-refractivity contribution >= 4 is 10.0 Å². The molecule has 4 nitrogen and oxygen atoms in total. The van der Waals surface area contributed by atoms with E-state index in [1.54, 1.807) is 0 Å². The van der Waals surface area contributed by atoms with Crippen LogP contribution in [0.3, 0.4) is 0 Å². The van der Waals surface area contributed by atoms with Crippen LogP contribution >= 0.6 is 0 Å². The van der Waals surface area contributed by atoms with E-state index in [-0.39, 0.29) is 5.54 Å². The number of hydrogen-bond donors (Lipinski definition) is 1. The third kappa shape index (κ3) is 1.62. The van der Waals surface area contributed by atoms with Gasteiger partial charge in [-0.15, -0.1) is 0 Å². The van der Waals surface area contributed by atoms with Crippen molar-refractivity contribution < 1.29 is 8.42 Å². The van der Waals surface area contributed by atoms with Crippen molar-refractivity contribution in [2.24, 2.45) is 5.73 Å². The first-order chi connectivity index (χ1) is 5.40. The molecule has 0 aliphatic carbocycles. The third-order valence-corrected chi connectivity index (χ3v) is 3.94. The van der Waals surface area contributed by atoms with Gasteiger partial charge in [0, 0.05) is 18.6 Å². The monoisotopic (exact) mass is 192 g/mol. The lowest BCUT2D eigenvalue weighted by Crippen LogP contribution is -2.49. The van der Waals surface area contributed by atoms with Crippen LogP contribution in [-0.2, 0) is 10.0 Å². The van der Waals surface area contributed by atoms with Gasteiger partial charge in [-0.05, 0) is 19.8 Å². The Hall–Kier alpha value is -0.130. The van der Waals surface area contributed by atoms with Crippen LogP contribution in [0.5, 0.6) is 0 Å². The summed E-state index contributed by atoms with van der Waals surface area (Å²) < 4.78 is 24.1. The molecule has 1 aliphatic rings. The molecule has 0 bridgehead atoms. The number of nitrogens with two attached hydrogens (primary N) is 1. The quantitative estimate of drug-likeness (QED) is 0.656. The van der Waals surface area contributed by atoms with Gasteiger partial charge in [0.05, 0.1) is 6.26 Å². The molecule has 5 heteroatoms. The smallest absolute Gasteiger partial charge is 0.211 e. The molecule has 0 aromatic heterocycles. The standard InChI is InChI=1S/C7H16N2O2S/c1-7(6-8)4-3-5-9(7)12(2,10)11/h3-6,8H2,1-2H3. The molecule has 1 saturated heterocycles. The van der Waals surface area contributed by atoms with Crippen molar-refractivity contribution in [3.05, 3.63) is 0 Å². The zero-order chi connectivity index (χ0) is 9.41. The minimum atomic E-state index is -3.07. The van der Waals surface area contributed by atoms with E-state index in [9.17, 15) is 8.42 Å². The Balaban J connectivity index is 2.92. The topological polar surface area (TPSA) is 63.4 Å². The largest absolute Gasteiger partial charge is 0.329 e. The average Bonchev–Trinajstić information content (AvgIpc) is 2.31. The van der Waals surface area contributed by atoms with Gasteiger partial charge in [-0.2, -0.15) is 4.31 Å². The molecule has 2 N–H and O–H groups in total. The second-order valence-electron chi connectivity index (χ2n) is 3.64. The number of rotatable bonds is 2. The average molecular weight is 192 g/mol. The molecule has 0 radical (unpaired) electrons. The molecule has 1 rings (SSSR count). The van der Waals surface area contributed by atoms with E-state index in [1.165, 1.54) is 10.6 Å². The van der Waals surface area contributed by atoms with Crippen molar-refractivity contribution in [1.82, 2.24) is 4.31 Å². The second-order valence-corrected chi connectivity index (χ2v) is 5.55. The highest BCUT2D eigenvalue weighted by Gasteiger charge is 2.40.